The van der Waals surface area contributed by atoms with E-state index in [1.807, 2.05) is 42.5 Å². The topological polar surface area (TPSA) is 72.3 Å². The van der Waals surface area contributed by atoms with Gasteiger partial charge in [0.05, 0.1) is 24.1 Å². The second-order valence-electron chi connectivity index (χ2n) is 5.20. The molecule has 0 atom stereocenters. The van der Waals surface area contributed by atoms with Gasteiger partial charge in [0.2, 0.25) is 0 Å². The molecule has 0 spiro atoms. The number of carbonyl (C=O) groups is 1. The highest BCUT2D eigenvalue weighted by atomic mass is 16.5. The smallest absolute Gasteiger partial charge is 0.337 e. The molecule has 0 amide bonds. The number of methoxy groups -OCH3 is 1. The van der Waals surface area contributed by atoms with Crippen LogP contribution in [0.3, 0.4) is 0 Å². The molecule has 0 radical (unpaired) electrons. The van der Waals surface area contributed by atoms with Gasteiger partial charge in [-0.2, -0.15) is 0 Å². The molecular weight excluding hydrogens is 304 g/mol. The van der Waals surface area contributed by atoms with Crippen LogP contribution in [0.1, 0.15) is 16.1 Å². The quantitative estimate of drug-likeness (QED) is 0.577. The number of aromatic nitrogens is 1. The number of esters is 1. The van der Waals surface area contributed by atoms with E-state index in [9.17, 15) is 4.79 Å². The second-order valence-corrected chi connectivity index (χ2v) is 5.20. The summed E-state index contributed by atoms with van der Waals surface area (Å²) < 4.78 is 10.3. The largest absolute Gasteiger partial charge is 0.487 e. The van der Waals surface area contributed by atoms with Crippen LogP contribution in [0.2, 0.25) is 0 Å². The number of nitrogens with zero attached hydrogens (tertiary/aromatic N) is 1. The van der Waals surface area contributed by atoms with Crippen molar-refractivity contribution in [2.24, 2.45) is 0 Å². The maximum Gasteiger partial charge on any atom is 0.337 e. The Morgan fingerprint density at radius 2 is 1.88 bits per heavy atom. The van der Waals surface area contributed by atoms with Crippen LogP contribution in [-0.4, -0.2) is 30.4 Å². The summed E-state index contributed by atoms with van der Waals surface area (Å²) in [5.41, 5.74) is 0.936. The molecule has 0 fully saturated rings. The standard InChI is InChI=1S/C19H16N2O3/c1-23-19(22)15-8-9-21-18(11-15)17(20)12-24-16-7-6-13-4-2-3-5-14(13)10-16/h2-11,20H,12H2,1H3. The summed E-state index contributed by atoms with van der Waals surface area (Å²) in [4.78, 5) is 15.6. The lowest BCUT2D eigenvalue weighted by atomic mass is 10.1. The van der Waals surface area contributed by atoms with Crippen molar-refractivity contribution in [3.05, 3.63) is 72.1 Å². The van der Waals surface area contributed by atoms with Gasteiger partial charge in [-0.15, -0.1) is 0 Å². The number of carbonyl (C=O) groups excluding carboxylic acids is 1. The average Bonchev–Trinajstić information content (AvgIpc) is 2.65. The number of hydrogen-bond acceptors (Lipinski definition) is 5. The molecule has 0 unspecified atom stereocenters. The molecule has 0 saturated carbocycles. The molecule has 1 N–H and O–H groups in total. The van der Waals surface area contributed by atoms with Gasteiger partial charge >= 0.3 is 5.97 Å². The van der Waals surface area contributed by atoms with Crippen LogP contribution >= 0.6 is 0 Å². The normalized spacial score (nSPS) is 10.4. The van der Waals surface area contributed by atoms with Crippen LogP contribution in [0.4, 0.5) is 0 Å². The van der Waals surface area contributed by atoms with Gasteiger partial charge in [0.15, 0.2) is 0 Å². The molecule has 24 heavy (non-hydrogen) atoms. The van der Waals surface area contributed by atoms with Crippen LogP contribution in [-0.2, 0) is 4.74 Å². The first kappa shape index (κ1) is 15.7. The summed E-state index contributed by atoms with van der Waals surface area (Å²) in [6.07, 6.45) is 1.48. The second kappa shape index (κ2) is 6.91. The van der Waals surface area contributed by atoms with E-state index in [-0.39, 0.29) is 12.3 Å². The molecule has 0 saturated heterocycles. The van der Waals surface area contributed by atoms with Crippen molar-refractivity contribution in [1.82, 2.24) is 4.98 Å². The van der Waals surface area contributed by atoms with Crippen LogP contribution in [0.25, 0.3) is 10.8 Å². The third-order valence-electron chi connectivity index (χ3n) is 3.59. The van der Waals surface area contributed by atoms with Crippen molar-refractivity contribution < 1.29 is 14.3 Å². The Balaban J connectivity index is 1.71. The molecule has 5 heteroatoms. The fourth-order valence-electron chi connectivity index (χ4n) is 2.33. The van der Waals surface area contributed by atoms with Crippen molar-refractivity contribution in [2.75, 3.05) is 13.7 Å². The highest BCUT2D eigenvalue weighted by Gasteiger charge is 2.10. The minimum Gasteiger partial charge on any atom is -0.487 e. The molecule has 2 aromatic carbocycles. The number of rotatable bonds is 5. The Bertz CT molecular complexity index is 906. The number of nitrogens with one attached hydrogen (secondary N) is 1. The molecule has 3 rings (SSSR count). The Morgan fingerprint density at radius 3 is 2.67 bits per heavy atom. The summed E-state index contributed by atoms with van der Waals surface area (Å²) in [7, 11) is 1.32. The molecule has 0 aliphatic carbocycles. The summed E-state index contributed by atoms with van der Waals surface area (Å²) in [5.74, 6) is 0.226. The Labute approximate surface area is 139 Å². The highest BCUT2D eigenvalue weighted by Crippen LogP contribution is 2.20. The first-order valence-corrected chi connectivity index (χ1v) is 7.41. The van der Waals surface area contributed by atoms with Gasteiger partial charge in [-0.05, 0) is 35.0 Å². The van der Waals surface area contributed by atoms with E-state index in [0.717, 1.165) is 10.8 Å². The van der Waals surface area contributed by atoms with E-state index in [2.05, 4.69) is 9.72 Å². The Hall–Kier alpha value is -3.21. The van der Waals surface area contributed by atoms with Crippen LogP contribution in [0.5, 0.6) is 5.75 Å². The number of pyridine rings is 1. The molecule has 5 nitrogen and oxygen atoms in total. The molecule has 3 aromatic rings. The Morgan fingerprint density at radius 1 is 1.08 bits per heavy atom. The average molecular weight is 320 g/mol. The molecule has 0 aliphatic heterocycles. The predicted octanol–water partition coefficient (Wildman–Crippen LogP) is 3.47. The number of ether oxygens (including phenoxy) is 2. The first-order chi connectivity index (χ1) is 11.7. The molecule has 1 aromatic heterocycles. The zero-order chi connectivity index (χ0) is 16.9. The van der Waals surface area contributed by atoms with Gasteiger partial charge in [0.1, 0.15) is 12.4 Å². The van der Waals surface area contributed by atoms with Crippen molar-refractivity contribution in [3.8, 4) is 5.75 Å². The lowest BCUT2D eigenvalue weighted by molar-refractivity contribution is 0.0600. The SMILES string of the molecule is COC(=O)c1ccnc(C(=N)COc2ccc3ccccc3c2)c1. The van der Waals surface area contributed by atoms with Gasteiger partial charge < -0.3 is 9.47 Å². The van der Waals surface area contributed by atoms with E-state index in [0.29, 0.717) is 17.0 Å². The molecule has 0 aliphatic rings. The van der Waals surface area contributed by atoms with Crippen molar-refractivity contribution in [3.63, 3.8) is 0 Å². The fraction of sp³-hybridized carbons (Fsp3) is 0.105. The van der Waals surface area contributed by atoms with E-state index in [1.54, 1.807) is 6.07 Å². The number of hydrogen-bond donors (Lipinski definition) is 1. The van der Waals surface area contributed by atoms with Crippen molar-refractivity contribution in [1.29, 1.82) is 5.41 Å². The van der Waals surface area contributed by atoms with E-state index in [1.165, 1.54) is 19.4 Å². The zero-order valence-corrected chi connectivity index (χ0v) is 13.2. The van der Waals surface area contributed by atoms with Crippen molar-refractivity contribution >= 4 is 22.5 Å². The van der Waals surface area contributed by atoms with Gasteiger partial charge in [-0.1, -0.05) is 30.3 Å². The minimum atomic E-state index is -0.457. The fourth-order valence-corrected chi connectivity index (χ4v) is 2.33. The molecule has 0 bridgehead atoms. The van der Waals surface area contributed by atoms with E-state index in [4.69, 9.17) is 10.1 Å². The van der Waals surface area contributed by atoms with E-state index < -0.39 is 5.97 Å². The third kappa shape index (κ3) is 3.41. The first-order valence-electron chi connectivity index (χ1n) is 7.41. The Kier molecular flexibility index (Phi) is 4.52. The third-order valence-corrected chi connectivity index (χ3v) is 3.59. The van der Waals surface area contributed by atoms with Crippen LogP contribution in [0, 0.1) is 5.41 Å². The predicted molar refractivity (Wildman–Crippen MR) is 91.8 cm³/mol. The number of benzene rings is 2. The molecule has 1 heterocycles. The number of fused-ring (bicyclic) bond motifs is 1. The molecular formula is C19H16N2O3. The summed E-state index contributed by atoms with van der Waals surface area (Å²) in [6.45, 7) is 0.0654. The van der Waals surface area contributed by atoms with Gasteiger partial charge in [-0.25, -0.2) is 4.79 Å². The summed E-state index contributed by atoms with van der Waals surface area (Å²) >= 11 is 0. The zero-order valence-electron chi connectivity index (χ0n) is 13.2. The van der Waals surface area contributed by atoms with E-state index >= 15 is 0 Å². The minimum absolute atomic E-state index is 0.0654. The lowest BCUT2D eigenvalue weighted by Gasteiger charge is -2.09. The summed E-state index contributed by atoms with van der Waals surface area (Å²) in [6, 6.07) is 16.8. The highest BCUT2D eigenvalue weighted by molar-refractivity contribution is 6.00. The maximum absolute atomic E-state index is 11.5. The lowest BCUT2D eigenvalue weighted by Crippen LogP contribution is -2.14. The van der Waals surface area contributed by atoms with Crippen LogP contribution < -0.4 is 4.74 Å². The van der Waals surface area contributed by atoms with Crippen LogP contribution in [0.15, 0.2) is 60.8 Å². The molecule has 120 valence electrons. The van der Waals surface area contributed by atoms with Gasteiger partial charge in [0, 0.05) is 6.20 Å². The van der Waals surface area contributed by atoms with Crippen molar-refractivity contribution in [2.45, 2.75) is 0 Å². The van der Waals surface area contributed by atoms with Gasteiger partial charge in [0.25, 0.3) is 0 Å². The summed E-state index contributed by atoms with van der Waals surface area (Å²) in [5, 5.41) is 10.3. The maximum atomic E-state index is 11.5. The van der Waals surface area contributed by atoms with Gasteiger partial charge in [-0.3, -0.25) is 10.4 Å². The monoisotopic (exact) mass is 320 g/mol.